The second-order valence-corrected chi connectivity index (χ2v) is 12.8. The third-order valence-electron chi connectivity index (χ3n) is 8.55. The molecule has 2 aliphatic rings. The molecule has 0 aromatic heterocycles. The number of benzene rings is 2. The number of aliphatic hydroxyl groups is 1. The van der Waals surface area contributed by atoms with E-state index in [4.69, 9.17) is 10.1 Å². The molecule has 3 N–H and O–H groups in total. The van der Waals surface area contributed by atoms with Crippen LogP contribution in [0.5, 0.6) is 0 Å². The lowest BCUT2D eigenvalue weighted by atomic mass is 9.78. The molecule has 0 radical (unpaired) electrons. The van der Waals surface area contributed by atoms with Gasteiger partial charge in [0.25, 0.3) is 11.8 Å². The Morgan fingerprint density at radius 2 is 1.81 bits per heavy atom. The van der Waals surface area contributed by atoms with Gasteiger partial charge in [0.05, 0.1) is 12.6 Å². The van der Waals surface area contributed by atoms with E-state index in [9.17, 15) is 23.9 Å². The van der Waals surface area contributed by atoms with Crippen LogP contribution in [0.2, 0.25) is 0 Å². The predicted molar refractivity (Wildman–Crippen MR) is 159 cm³/mol. The summed E-state index contributed by atoms with van der Waals surface area (Å²) < 4.78 is 14.2. The lowest BCUT2D eigenvalue weighted by molar-refractivity contribution is -0.146. The fraction of sp³-hybridized carbons (Fsp3) is 0.515. The normalized spacial score (nSPS) is 22.1. The first-order valence-corrected chi connectivity index (χ1v) is 14.8. The Morgan fingerprint density at radius 1 is 1.14 bits per heavy atom. The lowest BCUT2D eigenvalue weighted by Gasteiger charge is -2.45. The number of hydrogen-bond acceptors (Lipinski definition) is 5. The third kappa shape index (κ3) is 7.06. The number of aliphatic hydroxyl groups excluding tert-OH is 1. The first kappa shape index (κ1) is 31.3. The van der Waals surface area contributed by atoms with Crippen LogP contribution in [0, 0.1) is 17.2 Å². The van der Waals surface area contributed by atoms with E-state index in [1.807, 2.05) is 17.0 Å². The molecule has 2 aromatic rings. The quantitative estimate of drug-likeness (QED) is 0.344. The van der Waals surface area contributed by atoms with Crippen molar-refractivity contribution in [1.82, 2.24) is 10.2 Å². The van der Waals surface area contributed by atoms with Gasteiger partial charge in [0.2, 0.25) is 0 Å². The largest absolute Gasteiger partial charge is 0.479 e. The monoisotopic (exact) mass is 579 g/mol. The van der Waals surface area contributed by atoms with Gasteiger partial charge in [0.15, 0.2) is 6.10 Å². The standard InChI is InChI=1S/C33H42FN3O5/c1-5-21-13-17-33(18-14-21)36-28(24-7-6-8-25(34)19-24)30(40)37(33)26(15-16-32(2,3)4)22-9-11-23(12-10-22)29(39)35-20-27(38)31(41)42/h6-12,19,21,26-27,38H,5,13-18,20H2,1-4H3,(H,35,39)(H,41,42)/t21?,26-,27+,33?/m1/s1. The van der Waals surface area contributed by atoms with Crippen molar-refractivity contribution in [3.05, 3.63) is 71.0 Å². The Morgan fingerprint density at radius 3 is 2.38 bits per heavy atom. The number of nitrogens with one attached hydrogen (secondary N) is 1. The molecule has 42 heavy (non-hydrogen) atoms. The Kier molecular flexibility index (Phi) is 9.50. The molecular formula is C33H42FN3O5. The van der Waals surface area contributed by atoms with Crippen LogP contribution in [0.15, 0.2) is 53.5 Å². The third-order valence-corrected chi connectivity index (χ3v) is 8.55. The Hall–Kier alpha value is -3.59. The molecule has 1 heterocycles. The summed E-state index contributed by atoms with van der Waals surface area (Å²) in [6.45, 7) is 8.25. The zero-order valence-corrected chi connectivity index (χ0v) is 24.9. The van der Waals surface area contributed by atoms with Gasteiger partial charge in [-0.2, -0.15) is 0 Å². The molecule has 2 amide bonds. The van der Waals surface area contributed by atoms with E-state index in [-0.39, 0.29) is 23.1 Å². The molecule has 226 valence electrons. The van der Waals surface area contributed by atoms with Crippen molar-refractivity contribution in [3.63, 3.8) is 0 Å². The maximum atomic E-state index is 14.3. The predicted octanol–water partition coefficient (Wildman–Crippen LogP) is 5.50. The molecule has 2 atom stereocenters. The fourth-order valence-electron chi connectivity index (χ4n) is 6.02. The van der Waals surface area contributed by atoms with Crippen molar-refractivity contribution in [3.8, 4) is 0 Å². The van der Waals surface area contributed by atoms with Crippen molar-refractivity contribution in [2.75, 3.05) is 6.54 Å². The second kappa shape index (κ2) is 12.7. The topological polar surface area (TPSA) is 119 Å². The molecule has 4 rings (SSSR count). The first-order chi connectivity index (χ1) is 19.8. The van der Waals surface area contributed by atoms with Gasteiger partial charge in [-0.3, -0.25) is 14.6 Å². The summed E-state index contributed by atoms with van der Waals surface area (Å²) in [7, 11) is 0. The van der Waals surface area contributed by atoms with Crippen LogP contribution in [0.4, 0.5) is 4.39 Å². The van der Waals surface area contributed by atoms with E-state index in [1.54, 1.807) is 24.3 Å². The van der Waals surface area contributed by atoms with Crippen LogP contribution in [-0.4, -0.2) is 56.9 Å². The average molecular weight is 580 g/mol. The van der Waals surface area contributed by atoms with Crippen molar-refractivity contribution in [2.24, 2.45) is 16.3 Å². The highest BCUT2D eigenvalue weighted by molar-refractivity contribution is 6.46. The second-order valence-electron chi connectivity index (χ2n) is 12.8. The molecule has 8 nitrogen and oxygen atoms in total. The number of rotatable bonds is 10. The van der Waals surface area contributed by atoms with Gasteiger partial charge in [0, 0.05) is 11.1 Å². The number of carboxylic acid groups (broad SMARTS) is 1. The van der Waals surface area contributed by atoms with Crippen molar-refractivity contribution < 1.29 is 29.0 Å². The van der Waals surface area contributed by atoms with Gasteiger partial charge in [0.1, 0.15) is 17.2 Å². The number of aliphatic carboxylic acids is 1. The van der Waals surface area contributed by atoms with Gasteiger partial charge < -0.3 is 20.4 Å². The van der Waals surface area contributed by atoms with Crippen molar-refractivity contribution >= 4 is 23.5 Å². The van der Waals surface area contributed by atoms with Gasteiger partial charge in [-0.25, -0.2) is 9.18 Å². The number of aliphatic imine (C=N–C) groups is 1. The van der Waals surface area contributed by atoms with E-state index < -0.39 is 36.0 Å². The molecule has 1 fully saturated rings. The summed E-state index contributed by atoms with van der Waals surface area (Å²) in [4.78, 5) is 44.8. The van der Waals surface area contributed by atoms with Crippen molar-refractivity contribution in [1.29, 1.82) is 0 Å². The Balaban J connectivity index is 1.70. The highest BCUT2D eigenvalue weighted by Gasteiger charge is 2.51. The molecule has 1 spiro atoms. The Labute approximate surface area is 247 Å². The summed E-state index contributed by atoms with van der Waals surface area (Å²) in [6, 6.07) is 12.7. The summed E-state index contributed by atoms with van der Waals surface area (Å²) >= 11 is 0. The van der Waals surface area contributed by atoms with Crippen molar-refractivity contribution in [2.45, 2.75) is 90.4 Å². The fourth-order valence-corrected chi connectivity index (χ4v) is 6.02. The number of nitrogens with zero attached hydrogens (tertiary/aromatic N) is 2. The minimum atomic E-state index is -1.69. The zero-order chi connectivity index (χ0) is 30.7. The number of amides is 2. The number of hydrogen-bond donors (Lipinski definition) is 3. The van der Waals surface area contributed by atoms with E-state index in [0.29, 0.717) is 23.5 Å². The molecule has 9 heteroatoms. The zero-order valence-electron chi connectivity index (χ0n) is 24.9. The van der Waals surface area contributed by atoms with E-state index in [0.717, 1.165) is 44.1 Å². The van der Waals surface area contributed by atoms with Crippen LogP contribution < -0.4 is 5.32 Å². The average Bonchev–Trinajstić information content (AvgIpc) is 3.23. The number of carboxylic acids is 1. The highest BCUT2D eigenvalue weighted by atomic mass is 19.1. The summed E-state index contributed by atoms with van der Waals surface area (Å²) in [5, 5.41) is 20.8. The van der Waals surface area contributed by atoms with Gasteiger partial charge in [-0.15, -0.1) is 0 Å². The Bertz CT molecular complexity index is 1330. The summed E-state index contributed by atoms with van der Waals surface area (Å²) in [5.41, 5.74) is 1.22. The van der Waals surface area contributed by atoms with E-state index in [2.05, 4.69) is 33.0 Å². The van der Waals surface area contributed by atoms with Crippen LogP contribution in [0.1, 0.15) is 100 Å². The maximum Gasteiger partial charge on any atom is 0.334 e. The molecule has 0 bridgehead atoms. The number of carbonyl (C=O) groups excluding carboxylic acids is 2. The number of carbonyl (C=O) groups is 3. The molecule has 0 saturated heterocycles. The van der Waals surface area contributed by atoms with E-state index >= 15 is 0 Å². The SMILES string of the molecule is CCC1CCC2(CC1)N=C(c1cccc(F)c1)C(=O)N2[C@H](CCC(C)(C)C)c1ccc(C(=O)NC[C@H](O)C(=O)O)cc1. The first-order valence-electron chi connectivity index (χ1n) is 14.8. The summed E-state index contributed by atoms with van der Waals surface area (Å²) in [5.74, 6) is -1.97. The maximum absolute atomic E-state index is 14.3. The van der Waals surface area contributed by atoms with Gasteiger partial charge in [-0.1, -0.05) is 58.4 Å². The van der Waals surface area contributed by atoms with Gasteiger partial charge >= 0.3 is 5.97 Å². The minimum Gasteiger partial charge on any atom is -0.479 e. The molecule has 1 aliphatic carbocycles. The van der Waals surface area contributed by atoms with Crippen LogP contribution in [0.25, 0.3) is 0 Å². The van der Waals surface area contributed by atoms with Crippen LogP contribution in [0.3, 0.4) is 0 Å². The number of halogens is 1. The molecular weight excluding hydrogens is 537 g/mol. The van der Waals surface area contributed by atoms with Gasteiger partial charge in [-0.05, 0) is 79.7 Å². The molecule has 2 aromatic carbocycles. The molecule has 0 unspecified atom stereocenters. The lowest BCUT2D eigenvalue weighted by Crippen LogP contribution is -2.51. The molecule has 1 aliphatic heterocycles. The van der Waals surface area contributed by atoms with Crippen LogP contribution >= 0.6 is 0 Å². The smallest absolute Gasteiger partial charge is 0.334 e. The molecule has 1 saturated carbocycles. The summed E-state index contributed by atoms with van der Waals surface area (Å²) in [6.07, 6.45) is 4.26. The minimum absolute atomic E-state index is 0.00506. The highest BCUT2D eigenvalue weighted by Crippen LogP contribution is 2.48. The van der Waals surface area contributed by atoms with Crippen LogP contribution in [-0.2, 0) is 9.59 Å². The van der Waals surface area contributed by atoms with E-state index in [1.165, 1.54) is 12.1 Å².